The first-order chi connectivity index (χ1) is 8.58. The molecule has 1 fully saturated rings. The molecule has 2 atom stereocenters. The molecule has 2 heterocycles. The Morgan fingerprint density at radius 2 is 2.22 bits per heavy atom. The Kier molecular flexibility index (Phi) is 2.58. The van der Waals surface area contributed by atoms with Crippen molar-refractivity contribution in [2.75, 3.05) is 0 Å². The third-order valence-corrected chi connectivity index (χ3v) is 4.32. The van der Waals surface area contributed by atoms with E-state index in [0.717, 1.165) is 30.4 Å². The van der Waals surface area contributed by atoms with Crippen LogP contribution >= 0.6 is 0 Å². The average molecular weight is 246 g/mol. The molecule has 1 aliphatic heterocycles. The van der Waals surface area contributed by atoms with Crippen LogP contribution in [0.15, 0.2) is 34.7 Å². The smallest absolute Gasteiger partial charge is 0.334 e. The number of carbonyl (C=O) groups excluding carboxylic acids is 1. The van der Waals surface area contributed by atoms with Crippen molar-refractivity contribution in [3.8, 4) is 0 Å². The summed E-state index contributed by atoms with van der Waals surface area (Å²) in [5.74, 6) is 0.151. The van der Waals surface area contributed by atoms with E-state index in [1.807, 2.05) is 6.07 Å². The minimum absolute atomic E-state index is 0.148. The van der Waals surface area contributed by atoms with Crippen LogP contribution in [-0.4, -0.2) is 5.97 Å². The highest BCUT2D eigenvalue weighted by Crippen LogP contribution is 2.49. The van der Waals surface area contributed by atoms with E-state index < -0.39 is 0 Å². The largest absolute Gasteiger partial charge is 0.472 e. The van der Waals surface area contributed by atoms with Crippen LogP contribution in [0.5, 0.6) is 0 Å². The van der Waals surface area contributed by atoms with Crippen molar-refractivity contribution in [1.29, 1.82) is 0 Å². The van der Waals surface area contributed by atoms with Crippen LogP contribution in [0.2, 0.25) is 0 Å². The summed E-state index contributed by atoms with van der Waals surface area (Å²) in [5, 5.41) is 0. The van der Waals surface area contributed by atoms with E-state index in [0.29, 0.717) is 5.92 Å². The zero-order valence-electron chi connectivity index (χ0n) is 10.8. The van der Waals surface area contributed by atoms with E-state index in [9.17, 15) is 4.79 Å². The third kappa shape index (κ3) is 1.78. The summed E-state index contributed by atoms with van der Waals surface area (Å²) in [6.45, 7) is 4.49. The molecule has 3 rings (SSSR count). The molecule has 3 heteroatoms. The lowest BCUT2D eigenvalue weighted by atomic mass is 9.65. The molecule has 1 aromatic heterocycles. The highest BCUT2D eigenvalue weighted by molar-refractivity contribution is 5.90. The molecule has 0 unspecified atom stereocenters. The van der Waals surface area contributed by atoms with Crippen LogP contribution in [0.3, 0.4) is 0 Å². The van der Waals surface area contributed by atoms with Gasteiger partial charge >= 0.3 is 5.97 Å². The van der Waals surface area contributed by atoms with E-state index in [-0.39, 0.29) is 17.5 Å². The van der Waals surface area contributed by atoms with Gasteiger partial charge in [0.15, 0.2) is 0 Å². The van der Waals surface area contributed by atoms with Crippen molar-refractivity contribution in [2.45, 2.75) is 39.2 Å². The SMILES string of the molecule is CC1(C)CCC=C2C(=O)O[C@H](c3ccoc3)C[C@H]21. The van der Waals surface area contributed by atoms with Gasteiger partial charge in [0.05, 0.1) is 12.5 Å². The number of cyclic esters (lactones) is 1. The van der Waals surface area contributed by atoms with Gasteiger partial charge in [-0.3, -0.25) is 0 Å². The second-order valence-electron chi connectivity index (χ2n) is 5.93. The third-order valence-electron chi connectivity index (χ3n) is 4.32. The van der Waals surface area contributed by atoms with Gasteiger partial charge in [0.2, 0.25) is 0 Å². The zero-order chi connectivity index (χ0) is 12.8. The second-order valence-corrected chi connectivity index (χ2v) is 5.93. The van der Waals surface area contributed by atoms with Gasteiger partial charge in [0.25, 0.3) is 0 Å². The summed E-state index contributed by atoms with van der Waals surface area (Å²) in [7, 11) is 0. The molecule has 0 radical (unpaired) electrons. The summed E-state index contributed by atoms with van der Waals surface area (Å²) < 4.78 is 10.6. The van der Waals surface area contributed by atoms with E-state index in [1.165, 1.54) is 0 Å². The van der Waals surface area contributed by atoms with Crippen LogP contribution in [0.25, 0.3) is 0 Å². The van der Waals surface area contributed by atoms with Gasteiger partial charge in [-0.05, 0) is 36.7 Å². The highest BCUT2D eigenvalue weighted by atomic mass is 16.5. The molecular formula is C15H18O3. The molecule has 0 amide bonds. The molecule has 1 aliphatic carbocycles. The van der Waals surface area contributed by atoms with Gasteiger partial charge in [-0.1, -0.05) is 19.9 Å². The summed E-state index contributed by atoms with van der Waals surface area (Å²) >= 11 is 0. The summed E-state index contributed by atoms with van der Waals surface area (Å²) in [4.78, 5) is 12.1. The lowest BCUT2D eigenvalue weighted by Crippen LogP contribution is -2.38. The fourth-order valence-electron chi connectivity index (χ4n) is 3.13. The van der Waals surface area contributed by atoms with Gasteiger partial charge < -0.3 is 9.15 Å². The monoisotopic (exact) mass is 246 g/mol. The highest BCUT2D eigenvalue weighted by Gasteiger charge is 2.43. The lowest BCUT2D eigenvalue weighted by molar-refractivity contribution is -0.152. The normalized spacial score (nSPS) is 30.3. The fraction of sp³-hybridized carbons (Fsp3) is 0.533. The van der Waals surface area contributed by atoms with Gasteiger partial charge in [0.1, 0.15) is 6.10 Å². The van der Waals surface area contributed by atoms with E-state index >= 15 is 0 Å². The van der Waals surface area contributed by atoms with Crippen molar-refractivity contribution in [3.05, 3.63) is 35.8 Å². The molecule has 3 nitrogen and oxygen atoms in total. The Morgan fingerprint density at radius 3 is 2.94 bits per heavy atom. The Morgan fingerprint density at radius 1 is 1.39 bits per heavy atom. The fourth-order valence-corrected chi connectivity index (χ4v) is 3.13. The first-order valence-electron chi connectivity index (χ1n) is 6.51. The van der Waals surface area contributed by atoms with Crippen molar-refractivity contribution < 1.29 is 13.9 Å². The van der Waals surface area contributed by atoms with E-state index in [4.69, 9.17) is 9.15 Å². The van der Waals surface area contributed by atoms with Crippen molar-refractivity contribution in [2.24, 2.45) is 11.3 Å². The molecular weight excluding hydrogens is 228 g/mol. The van der Waals surface area contributed by atoms with Gasteiger partial charge in [-0.2, -0.15) is 0 Å². The number of fused-ring (bicyclic) bond motifs is 1. The van der Waals surface area contributed by atoms with Crippen LogP contribution in [-0.2, 0) is 9.53 Å². The molecule has 0 spiro atoms. The van der Waals surface area contributed by atoms with Gasteiger partial charge in [-0.25, -0.2) is 4.79 Å². The predicted molar refractivity (Wildman–Crippen MR) is 66.7 cm³/mol. The molecule has 0 bridgehead atoms. The summed E-state index contributed by atoms with van der Waals surface area (Å²) in [6, 6.07) is 1.88. The summed E-state index contributed by atoms with van der Waals surface area (Å²) in [5.41, 5.74) is 2.01. The van der Waals surface area contributed by atoms with Crippen molar-refractivity contribution in [3.63, 3.8) is 0 Å². The quantitative estimate of drug-likeness (QED) is 0.710. The molecule has 2 aliphatic rings. The standard InChI is InChI=1S/C15H18O3/c1-15(2)6-3-4-11-12(15)8-13(18-14(11)16)10-5-7-17-9-10/h4-5,7,9,12-13H,3,6,8H2,1-2H3/t12-,13+/m1/s1. The molecule has 0 N–H and O–H groups in total. The second kappa shape index (κ2) is 4.01. The topological polar surface area (TPSA) is 39.4 Å². The van der Waals surface area contributed by atoms with Crippen molar-refractivity contribution >= 4 is 5.97 Å². The number of ether oxygens (including phenoxy) is 1. The first kappa shape index (κ1) is 11.6. The number of hydrogen-bond acceptors (Lipinski definition) is 3. The molecule has 0 aromatic carbocycles. The molecule has 1 saturated heterocycles. The Labute approximate surface area is 107 Å². The average Bonchev–Trinajstić information content (AvgIpc) is 2.83. The Balaban J connectivity index is 1.92. The van der Waals surface area contributed by atoms with Crippen LogP contribution < -0.4 is 0 Å². The van der Waals surface area contributed by atoms with Crippen LogP contribution in [0.1, 0.15) is 44.8 Å². The minimum atomic E-state index is -0.157. The van der Waals surface area contributed by atoms with Crippen molar-refractivity contribution in [1.82, 2.24) is 0 Å². The maximum atomic E-state index is 12.1. The lowest BCUT2D eigenvalue weighted by Gasteiger charge is -2.43. The predicted octanol–water partition coefficient (Wildman–Crippen LogP) is 3.63. The van der Waals surface area contributed by atoms with E-state index in [2.05, 4.69) is 19.9 Å². The number of rotatable bonds is 1. The van der Waals surface area contributed by atoms with E-state index in [1.54, 1.807) is 12.5 Å². The number of esters is 1. The summed E-state index contributed by atoms with van der Waals surface area (Å²) in [6.07, 6.45) is 8.17. The molecule has 1 aromatic rings. The van der Waals surface area contributed by atoms with Gasteiger partial charge in [-0.15, -0.1) is 0 Å². The molecule has 18 heavy (non-hydrogen) atoms. The maximum absolute atomic E-state index is 12.1. The number of furan rings is 1. The zero-order valence-corrected chi connectivity index (χ0v) is 10.8. The van der Waals surface area contributed by atoms with Gasteiger partial charge in [0, 0.05) is 11.1 Å². The molecule has 96 valence electrons. The Hall–Kier alpha value is -1.51. The van der Waals surface area contributed by atoms with Crippen LogP contribution in [0, 0.1) is 11.3 Å². The molecule has 0 saturated carbocycles. The maximum Gasteiger partial charge on any atom is 0.334 e. The number of hydrogen-bond donors (Lipinski definition) is 0. The Bertz CT molecular complexity index is 482. The number of allylic oxidation sites excluding steroid dienone is 1. The number of carbonyl (C=O) groups is 1. The van der Waals surface area contributed by atoms with Crippen LogP contribution in [0.4, 0.5) is 0 Å². The first-order valence-corrected chi connectivity index (χ1v) is 6.51. The minimum Gasteiger partial charge on any atom is -0.472 e.